The summed E-state index contributed by atoms with van der Waals surface area (Å²) in [6, 6.07) is 0. The quantitative estimate of drug-likeness (QED) is 0.916. The van der Waals surface area contributed by atoms with Crippen LogP contribution in [0.1, 0.15) is 49.2 Å². The molecule has 0 unspecified atom stereocenters. The summed E-state index contributed by atoms with van der Waals surface area (Å²) in [5, 5.41) is 10.2. The molecule has 130 valence electrons. The van der Waals surface area contributed by atoms with Crippen LogP contribution >= 0.6 is 11.3 Å². The highest BCUT2D eigenvalue weighted by molar-refractivity contribution is 7.09. The summed E-state index contributed by atoms with van der Waals surface area (Å²) in [6.45, 7) is 9.71. The van der Waals surface area contributed by atoms with Crippen LogP contribution in [0.3, 0.4) is 0 Å². The van der Waals surface area contributed by atoms with Gasteiger partial charge in [0.1, 0.15) is 6.10 Å². The highest BCUT2D eigenvalue weighted by Crippen LogP contribution is 2.23. The molecule has 1 saturated heterocycles. The fourth-order valence-corrected chi connectivity index (χ4v) is 3.16. The second-order valence-corrected chi connectivity index (χ2v) is 8.09. The molecule has 1 atom stereocenters. The van der Waals surface area contributed by atoms with E-state index in [4.69, 9.17) is 4.74 Å². The van der Waals surface area contributed by atoms with Crippen molar-refractivity contribution in [2.45, 2.75) is 45.6 Å². The van der Waals surface area contributed by atoms with Gasteiger partial charge in [0.05, 0.1) is 30.3 Å². The van der Waals surface area contributed by atoms with Gasteiger partial charge in [-0.05, 0) is 6.92 Å². The second-order valence-electron chi connectivity index (χ2n) is 7.03. The van der Waals surface area contributed by atoms with Crippen molar-refractivity contribution in [3.8, 4) is 0 Å². The SMILES string of the molecule is Cc1nc(CC(=O)N2CCO[C@@H](c3nc(C(C)(C)C)n[nH]3)C2)cs1. The lowest BCUT2D eigenvalue weighted by atomic mass is 9.96. The molecule has 7 nitrogen and oxygen atoms in total. The highest BCUT2D eigenvalue weighted by Gasteiger charge is 2.29. The van der Waals surface area contributed by atoms with E-state index in [-0.39, 0.29) is 17.4 Å². The molecule has 3 heterocycles. The van der Waals surface area contributed by atoms with Gasteiger partial charge in [0, 0.05) is 17.3 Å². The van der Waals surface area contributed by atoms with Crippen molar-refractivity contribution in [3.63, 3.8) is 0 Å². The van der Waals surface area contributed by atoms with Crippen molar-refractivity contribution in [1.29, 1.82) is 0 Å². The maximum Gasteiger partial charge on any atom is 0.228 e. The van der Waals surface area contributed by atoms with E-state index in [1.807, 2.05) is 17.2 Å². The number of aryl methyl sites for hydroxylation is 1. The number of thiazole rings is 1. The lowest BCUT2D eigenvalue weighted by molar-refractivity contribution is -0.138. The smallest absolute Gasteiger partial charge is 0.228 e. The molecule has 3 rings (SSSR count). The number of rotatable bonds is 3. The second kappa shape index (κ2) is 6.60. The molecule has 2 aromatic heterocycles. The lowest BCUT2D eigenvalue weighted by Crippen LogP contribution is -2.43. The fraction of sp³-hybridized carbons (Fsp3) is 0.625. The number of amides is 1. The summed E-state index contributed by atoms with van der Waals surface area (Å²) in [6.07, 6.45) is 0.0734. The van der Waals surface area contributed by atoms with Crippen LogP contribution in [0.4, 0.5) is 0 Å². The summed E-state index contributed by atoms with van der Waals surface area (Å²) >= 11 is 1.57. The van der Waals surface area contributed by atoms with Crippen LogP contribution in [0.5, 0.6) is 0 Å². The van der Waals surface area contributed by atoms with E-state index in [0.717, 1.165) is 16.5 Å². The molecule has 0 spiro atoms. The first kappa shape index (κ1) is 17.0. The number of nitrogens with one attached hydrogen (secondary N) is 1. The molecule has 1 N–H and O–H groups in total. The number of hydrogen-bond donors (Lipinski definition) is 1. The molecule has 0 aliphatic carbocycles. The molecule has 24 heavy (non-hydrogen) atoms. The first-order valence-corrected chi connectivity index (χ1v) is 8.94. The Balaban J connectivity index is 1.65. The summed E-state index contributed by atoms with van der Waals surface area (Å²) in [4.78, 5) is 23.2. The molecule has 1 fully saturated rings. The van der Waals surface area contributed by atoms with Crippen LogP contribution in [-0.4, -0.2) is 50.7 Å². The molecule has 1 amide bonds. The maximum absolute atomic E-state index is 12.5. The van der Waals surface area contributed by atoms with E-state index < -0.39 is 0 Å². The van der Waals surface area contributed by atoms with Crippen molar-refractivity contribution in [2.75, 3.05) is 19.7 Å². The predicted molar refractivity (Wildman–Crippen MR) is 90.9 cm³/mol. The van der Waals surface area contributed by atoms with Crippen LogP contribution in [0, 0.1) is 6.92 Å². The van der Waals surface area contributed by atoms with E-state index in [2.05, 4.69) is 40.9 Å². The third-order valence-electron chi connectivity index (χ3n) is 3.90. The minimum absolute atomic E-state index is 0.0733. The van der Waals surface area contributed by atoms with Crippen LogP contribution in [0.25, 0.3) is 0 Å². The Morgan fingerprint density at radius 3 is 2.88 bits per heavy atom. The van der Waals surface area contributed by atoms with Crippen LogP contribution < -0.4 is 0 Å². The molecule has 0 saturated carbocycles. The predicted octanol–water partition coefficient (Wildman–Crippen LogP) is 2.01. The first-order valence-electron chi connectivity index (χ1n) is 8.06. The monoisotopic (exact) mass is 349 g/mol. The molecule has 0 aromatic carbocycles. The van der Waals surface area contributed by atoms with Crippen LogP contribution in [0.2, 0.25) is 0 Å². The number of aromatic nitrogens is 4. The van der Waals surface area contributed by atoms with Crippen molar-refractivity contribution in [1.82, 2.24) is 25.1 Å². The number of ether oxygens (including phenoxy) is 1. The average Bonchev–Trinajstić information content (AvgIpc) is 3.16. The van der Waals surface area contributed by atoms with Gasteiger partial charge in [-0.3, -0.25) is 9.89 Å². The van der Waals surface area contributed by atoms with E-state index in [0.29, 0.717) is 31.9 Å². The zero-order chi connectivity index (χ0) is 17.3. The van der Waals surface area contributed by atoms with Gasteiger partial charge < -0.3 is 9.64 Å². The summed E-state index contributed by atoms with van der Waals surface area (Å²) in [5.41, 5.74) is 0.710. The van der Waals surface area contributed by atoms with Gasteiger partial charge in [0.2, 0.25) is 5.91 Å². The van der Waals surface area contributed by atoms with Crippen molar-refractivity contribution in [3.05, 3.63) is 27.7 Å². The number of carbonyl (C=O) groups excluding carboxylic acids is 1. The van der Waals surface area contributed by atoms with Gasteiger partial charge in [-0.25, -0.2) is 9.97 Å². The maximum atomic E-state index is 12.5. The van der Waals surface area contributed by atoms with E-state index in [1.165, 1.54) is 0 Å². The van der Waals surface area contributed by atoms with Crippen molar-refractivity contribution < 1.29 is 9.53 Å². The van der Waals surface area contributed by atoms with Gasteiger partial charge in [-0.15, -0.1) is 11.3 Å². The summed E-state index contributed by atoms with van der Waals surface area (Å²) < 4.78 is 5.78. The zero-order valence-electron chi connectivity index (χ0n) is 14.5. The first-order chi connectivity index (χ1) is 11.3. The minimum Gasteiger partial charge on any atom is -0.367 e. The van der Waals surface area contributed by atoms with Crippen molar-refractivity contribution in [2.24, 2.45) is 0 Å². The number of H-pyrrole nitrogens is 1. The zero-order valence-corrected chi connectivity index (χ0v) is 15.3. The fourth-order valence-electron chi connectivity index (χ4n) is 2.55. The normalized spacial score (nSPS) is 18.8. The molecular formula is C16H23N5O2S. The van der Waals surface area contributed by atoms with Gasteiger partial charge in [-0.1, -0.05) is 20.8 Å². The lowest BCUT2D eigenvalue weighted by Gasteiger charge is -2.31. The number of morpholine rings is 1. The number of hydrogen-bond acceptors (Lipinski definition) is 6. The van der Waals surface area contributed by atoms with E-state index in [1.54, 1.807) is 11.3 Å². The Bertz CT molecular complexity index is 718. The van der Waals surface area contributed by atoms with Gasteiger partial charge in [0.25, 0.3) is 0 Å². The van der Waals surface area contributed by atoms with Crippen molar-refractivity contribution >= 4 is 17.2 Å². The summed E-state index contributed by atoms with van der Waals surface area (Å²) in [5.74, 6) is 1.51. The highest BCUT2D eigenvalue weighted by atomic mass is 32.1. The Morgan fingerprint density at radius 1 is 1.46 bits per heavy atom. The van der Waals surface area contributed by atoms with Gasteiger partial charge >= 0.3 is 0 Å². The summed E-state index contributed by atoms with van der Waals surface area (Å²) in [7, 11) is 0. The molecule has 0 radical (unpaired) electrons. The Morgan fingerprint density at radius 2 is 2.25 bits per heavy atom. The molecule has 1 aliphatic heterocycles. The molecule has 1 aliphatic rings. The largest absolute Gasteiger partial charge is 0.367 e. The van der Waals surface area contributed by atoms with E-state index >= 15 is 0 Å². The number of nitrogens with zero attached hydrogens (tertiary/aromatic N) is 4. The molecule has 8 heteroatoms. The van der Waals surface area contributed by atoms with Crippen LogP contribution in [0.15, 0.2) is 5.38 Å². The Kier molecular flexibility index (Phi) is 4.69. The Hall–Kier alpha value is -1.80. The topological polar surface area (TPSA) is 84.0 Å². The van der Waals surface area contributed by atoms with Gasteiger partial charge in [-0.2, -0.15) is 5.10 Å². The third-order valence-corrected chi connectivity index (χ3v) is 4.72. The Labute approximate surface area is 145 Å². The number of aromatic amines is 1. The molecule has 0 bridgehead atoms. The standard InChI is InChI=1S/C16H23N5O2S/c1-10-17-11(9-24-10)7-13(22)21-5-6-23-12(8-21)14-18-15(20-19-14)16(2,3)4/h9,12H,5-8H2,1-4H3,(H,18,19,20)/t12-/m1/s1. The minimum atomic E-state index is -0.261. The molecule has 2 aromatic rings. The number of carbonyl (C=O) groups is 1. The van der Waals surface area contributed by atoms with Gasteiger partial charge in [0.15, 0.2) is 11.6 Å². The average molecular weight is 349 g/mol. The van der Waals surface area contributed by atoms with E-state index in [9.17, 15) is 4.79 Å². The molecular weight excluding hydrogens is 326 g/mol. The third kappa shape index (κ3) is 3.81. The van der Waals surface area contributed by atoms with Crippen LogP contribution in [-0.2, 0) is 21.4 Å².